The van der Waals surface area contributed by atoms with Crippen LogP contribution in [0.4, 0.5) is 10.1 Å². The van der Waals surface area contributed by atoms with Gasteiger partial charge in [-0.2, -0.15) is 4.98 Å². The second-order valence-electron chi connectivity index (χ2n) is 5.12. The number of aromatic amines is 1. The molecule has 7 heteroatoms. The second-order valence-corrected chi connectivity index (χ2v) is 5.12. The van der Waals surface area contributed by atoms with Gasteiger partial charge in [0.1, 0.15) is 11.6 Å². The molecule has 1 aromatic heterocycles. The van der Waals surface area contributed by atoms with Gasteiger partial charge in [-0.25, -0.2) is 9.18 Å². The van der Waals surface area contributed by atoms with Gasteiger partial charge in [0.25, 0.3) is 0 Å². The average Bonchev–Trinajstić information content (AvgIpc) is 2.48. The van der Waals surface area contributed by atoms with Crippen molar-refractivity contribution in [3.63, 3.8) is 0 Å². The first-order valence-corrected chi connectivity index (χ1v) is 7.10. The van der Waals surface area contributed by atoms with Gasteiger partial charge < -0.3 is 15.0 Å². The number of aromatic nitrogens is 2. The lowest BCUT2D eigenvalue weighted by molar-refractivity contribution is -0.116. The molecule has 0 spiro atoms. The van der Waals surface area contributed by atoms with E-state index >= 15 is 0 Å². The Morgan fingerprint density at radius 3 is 2.78 bits per heavy atom. The Morgan fingerprint density at radius 2 is 2.13 bits per heavy atom. The summed E-state index contributed by atoms with van der Waals surface area (Å²) in [4.78, 5) is 29.7. The highest BCUT2D eigenvalue weighted by molar-refractivity contribution is 5.91. The third-order valence-electron chi connectivity index (χ3n) is 3.50. The van der Waals surface area contributed by atoms with E-state index in [1.807, 2.05) is 0 Å². The molecule has 0 unspecified atom stereocenters. The van der Waals surface area contributed by atoms with Crippen LogP contribution in [0.25, 0.3) is 0 Å². The normalized spacial score (nSPS) is 10.4. The van der Waals surface area contributed by atoms with Crippen LogP contribution in [0.5, 0.6) is 5.75 Å². The van der Waals surface area contributed by atoms with Crippen molar-refractivity contribution in [1.82, 2.24) is 9.97 Å². The van der Waals surface area contributed by atoms with Gasteiger partial charge in [0.2, 0.25) is 5.91 Å². The number of benzene rings is 1. The Morgan fingerprint density at radius 1 is 1.39 bits per heavy atom. The maximum absolute atomic E-state index is 13.7. The zero-order valence-electron chi connectivity index (χ0n) is 13.2. The topological polar surface area (TPSA) is 84.1 Å². The van der Waals surface area contributed by atoms with Crippen molar-refractivity contribution < 1.29 is 13.9 Å². The smallest absolute Gasteiger partial charge is 0.345 e. The summed E-state index contributed by atoms with van der Waals surface area (Å²) in [5, 5.41) is 2.52. The molecule has 0 saturated heterocycles. The van der Waals surface area contributed by atoms with E-state index in [1.165, 1.54) is 25.3 Å². The number of H-pyrrole nitrogens is 1. The summed E-state index contributed by atoms with van der Waals surface area (Å²) in [6.07, 6.45) is 0.547. The van der Waals surface area contributed by atoms with E-state index in [0.29, 0.717) is 23.6 Å². The Bertz CT molecular complexity index is 760. The van der Waals surface area contributed by atoms with Crippen LogP contribution in [-0.2, 0) is 11.2 Å². The number of ether oxygens (including phenoxy) is 1. The fraction of sp³-hybridized carbons (Fsp3) is 0.312. The number of halogens is 1. The number of nitrogens with zero attached hydrogens (tertiary/aromatic N) is 1. The molecule has 0 atom stereocenters. The highest BCUT2D eigenvalue weighted by Crippen LogP contribution is 2.21. The largest absolute Gasteiger partial charge is 0.497 e. The van der Waals surface area contributed by atoms with Crippen molar-refractivity contribution in [1.29, 1.82) is 0 Å². The lowest BCUT2D eigenvalue weighted by atomic mass is 10.1. The fourth-order valence-corrected chi connectivity index (χ4v) is 2.30. The maximum atomic E-state index is 13.7. The number of anilines is 1. The minimum Gasteiger partial charge on any atom is -0.497 e. The number of nitrogens with one attached hydrogen (secondary N) is 2. The molecule has 2 aromatic rings. The molecule has 23 heavy (non-hydrogen) atoms. The molecule has 0 fully saturated rings. The van der Waals surface area contributed by atoms with Crippen molar-refractivity contribution >= 4 is 11.6 Å². The molecule has 0 radical (unpaired) electrons. The van der Waals surface area contributed by atoms with E-state index in [9.17, 15) is 14.0 Å². The number of methoxy groups -OCH3 is 1. The van der Waals surface area contributed by atoms with Gasteiger partial charge in [-0.3, -0.25) is 4.79 Å². The molecular formula is C16H18FN3O3. The molecule has 2 rings (SSSR count). The van der Waals surface area contributed by atoms with Crippen LogP contribution in [0, 0.1) is 19.7 Å². The minimum atomic E-state index is -0.530. The van der Waals surface area contributed by atoms with E-state index in [2.05, 4.69) is 15.3 Å². The number of carbonyl (C=O) groups excluding carboxylic acids is 1. The van der Waals surface area contributed by atoms with Crippen LogP contribution in [0.2, 0.25) is 0 Å². The molecule has 0 bridgehead atoms. The minimum absolute atomic E-state index is 0.0717. The van der Waals surface area contributed by atoms with E-state index in [1.54, 1.807) is 13.8 Å². The summed E-state index contributed by atoms with van der Waals surface area (Å²) in [5.74, 6) is -0.405. The molecule has 0 aliphatic heterocycles. The number of rotatable bonds is 5. The van der Waals surface area contributed by atoms with E-state index in [-0.39, 0.29) is 18.0 Å². The standard InChI is InChI=1S/C16H18FN3O3/c1-9-12(10(2)19-16(22)18-9)5-7-15(21)20-14-8-11(23-3)4-6-13(14)17/h4,6,8H,5,7H2,1-3H3,(H,20,21)(H,18,19,22). The van der Waals surface area contributed by atoms with E-state index < -0.39 is 11.5 Å². The van der Waals surface area contributed by atoms with Crippen LogP contribution in [0.3, 0.4) is 0 Å². The molecule has 1 aromatic carbocycles. The van der Waals surface area contributed by atoms with Crippen molar-refractivity contribution in [3.8, 4) is 5.75 Å². The summed E-state index contributed by atoms with van der Waals surface area (Å²) in [6, 6.07) is 4.13. The van der Waals surface area contributed by atoms with Crippen LogP contribution >= 0.6 is 0 Å². The van der Waals surface area contributed by atoms with Crippen molar-refractivity contribution in [2.75, 3.05) is 12.4 Å². The third-order valence-corrected chi connectivity index (χ3v) is 3.50. The zero-order chi connectivity index (χ0) is 17.0. The summed E-state index contributed by atoms with van der Waals surface area (Å²) in [6.45, 7) is 3.47. The Labute approximate surface area is 132 Å². The van der Waals surface area contributed by atoms with Gasteiger partial charge in [-0.1, -0.05) is 0 Å². The SMILES string of the molecule is COc1ccc(F)c(NC(=O)CCc2c(C)nc(=O)[nH]c2C)c1. The van der Waals surface area contributed by atoms with Gasteiger partial charge in [0.15, 0.2) is 0 Å². The zero-order valence-corrected chi connectivity index (χ0v) is 13.2. The van der Waals surface area contributed by atoms with E-state index in [0.717, 1.165) is 5.56 Å². The Hall–Kier alpha value is -2.70. The first-order valence-electron chi connectivity index (χ1n) is 7.10. The number of amides is 1. The monoisotopic (exact) mass is 319 g/mol. The Kier molecular flexibility index (Phi) is 5.10. The van der Waals surface area contributed by atoms with E-state index in [4.69, 9.17) is 4.74 Å². The van der Waals surface area contributed by atoms with Crippen LogP contribution < -0.4 is 15.7 Å². The van der Waals surface area contributed by atoms with Gasteiger partial charge in [0.05, 0.1) is 12.8 Å². The van der Waals surface area contributed by atoms with Crippen molar-refractivity contribution in [2.45, 2.75) is 26.7 Å². The quantitative estimate of drug-likeness (QED) is 0.884. The van der Waals surface area contributed by atoms with Gasteiger partial charge in [0, 0.05) is 23.9 Å². The molecule has 0 aliphatic carbocycles. The molecular weight excluding hydrogens is 301 g/mol. The summed E-state index contributed by atoms with van der Waals surface area (Å²) in [7, 11) is 1.47. The van der Waals surface area contributed by atoms with Gasteiger partial charge in [-0.05, 0) is 38.0 Å². The van der Waals surface area contributed by atoms with Crippen molar-refractivity contribution in [2.24, 2.45) is 0 Å². The van der Waals surface area contributed by atoms with Crippen LogP contribution in [0.1, 0.15) is 23.4 Å². The summed E-state index contributed by atoms with van der Waals surface area (Å²) >= 11 is 0. The molecule has 0 aliphatic rings. The van der Waals surface area contributed by atoms with Crippen LogP contribution in [-0.4, -0.2) is 23.0 Å². The fourth-order valence-electron chi connectivity index (χ4n) is 2.30. The predicted molar refractivity (Wildman–Crippen MR) is 84.2 cm³/mol. The molecule has 2 N–H and O–H groups in total. The van der Waals surface area contributed by atoms with Crippen LogP contribution in [0.15, 0.2) is 23.0 Å². The summed E-state index contributed by atoms with van der Waals surface area (Å²) < 4.78 is 18.7. The average molecular weight is 319 g/mol. The lowest BCUT2D eigenvalue weighted by Crippen LogP contribution is -2.18. The number of carbonyl (C=O) groups is 1. The summed E-state index contributed by atoms with van der Waals surface area (Å²) in [5.41, 5.74) is 1.74. The number of aryl methyl sites for hydroxylation is 2. The first-order chi connectivity index (χ1) is 10.9. The number of hydrogen-bond acceptors (Lipinski definition) is 4. The first kappa shape index (κ1) is 16.7. The lowest BCUT2D eigenvalue weighted by Gasteiger charge is -2.10. The molecule has 122 valence electrons. The Balaban J connectivity index is 2.05. The number of hydrogen-bond donors (Lipinski definition) is 2. The van der Waals surface area contributed by atoms with Gasteiger partial charge >= 0.3 is 5.69 Å². The maximum Gasteiger partial charge on any atom is 0.345 e. The third kappa shape index (κ3) is 4.15. The predicted octanol–water partition coefficient (Wildman–Crippen LogP) is 2.11. The second kappa shape index (κ2) is 7.04. The molecule has 1 amide bonds. The molecule has 6 nitrogen and oxygen atoms in total. The highest BCUT2D eigenvalue weighted by atomic mass is 19.1. The molecule has 0 saturated carbocycles. The van der Waals surface area contributed by atoms with Gasteiger partial charge in [-0.15, -0.1) is 0 Å². The molecule has 1 heterocycles. The van der Waals surface area contributed by atoms with Crippen molar-refractivity contribution in [3.05, 3.63) is 51.5 Å². The highest BCUT2D eigenvalue weighted by Gasteiger charge is 2.11.